The molecule has 2 heterocycles. The van der Waals surface area contributed by atoms with Crippen LogP contribution in [0, 0.1) is 0 Å². The molecule has 0 N–H and O–H groups in total. The Labute approximate surface area is 260 Å². The summed E-state index contributed by atoms with van der Waals surface area (Å²) < 4.78 is 45.0. The highest BCUT2D eigenvalue weighted by atomic mass is 35.5. The molecule has 11 heteroatoms. The third-order valence-corrected chi connectivity index (χ3v) is 9.11. The molecular formula is C33H29ClN2O7S. The standard InChI is InChI=1S/C33H29ClN2O7S/c1-22-31(33(38)42-3)30(32(37)36(22)25-10-7-11-26(18-25)41-2)19-27-14-15-28(43-27)21-35(20-23-8-5-4-6-9-23)44(39,40)29-16-12-24(34)13-17-29/h4-19H,20-21H2,1-3H3/b30-19+. The van der Waals surface area contributed by atoms with Crippen LogP contribution in [0.1, 0.15) is 24.0 Å². The van der Waals surface area contributed by atoms with Crippen LogP contribution in [0.2, 0.25) is 5.02 Å². The molecule has 0 fully saturated rings. The van der Waals surface area contributed by atoms with Crippen LogP contribution in [0.3, 0.4) is 0 Å². The second-order valence-corrected chi connectivity index (χ2v) is 12.2. The molecule has 1 aliphatic heterocycles. The summed E-state index contributed by atoms with van der Waals surface area (Å²) in [5.74, 6) is 0.00580. The lowest BCUT2D eigenvalue weighted by atomic mass is 10.1. The zero-order valence-electron chi connectivity index (χ0n) is 24.2. The Bertz CT molecular complexity index is 1860. The highest BCUT2D eigenvalue weighted by molar-refractivity contribution is 7.89. The molecule has 0 radical (unpaired) electrons. The normalized spacial score (nSPS) is 14.5. The van der Waals surface area contributed by atoms with E-state index in [4.69, 9.17) is 25.5 Å². The van der Waals surface area contributed by atoms with E-state index >= 15 is 0 Å². The number of hydrogen-bond acceptors (Lipinski definition) is 7. The molecule has 0 saturated carbocycles. The third-order valence-electron chi connectivity index (χ3n) is 7.06. The van der Waals surface area contributed by atoms with E-state index in [2.05, 4.69) is 0 Å². The first-order valence-electron chi connectivity index (χ1n) is 13.5. The Kier molecular flexibility index (Phi) is 9.05. The first kappa shape index (κ1) is 30.8. The van der Waals surface area contributed by atoms with E-state index in [1.165, 1.54) is 53.8 Å². The molecular weight excluding hydrogens is 604 g/mol. The first-order valence-corrected chi connectivity index (χ1v) is 15.3. The largest absolute Gasteiger partial charge is 0.497 e. The summed E-state index contributed by atoms with van der Waals surface area (Å²) >= 11 is 6.00. The number of esters is 1. The van der Waals surface area contributed by atoms with Gasteiger partial charge in [0.25, 0.3) is 5.91 Å². The van der Waals surface area contributed by atoms with Crippen molar-refractivity contribution in [1.82, 2.24) is 4.31 Å². The number of rotatable bonds is 10. The Morgan fingerprint density at radius 3 is 2.36 bits per heavy atom. The number of ether oxygens (including phenoxy) is 2. The van der Waals surface area contributed by atoms with Crippen LogP contribution in [0.5, 0.6) is 5.75 Å². The molecule has 5 rings (SSSR count). The van der Waals surface area contributed by atoms with Gasteiger partial charge >= 0.3 is 5.97 Å². The van der Waals surface area contributed by atoms with E-state index in [1.807, 2.05) is 30.3 Å². The molecule has 9 nitrogen and oxygen atoms in total. The van der Waals surface area contributed by atoms with Gasteiger partial charge in [0.15, 0.2) is 0 Å². The van der Waals surface area contributed by atoms with Crippen LogP contribution in [0.25, 0.3) is 6.08 Å². The lowest BCUT2D eigenvalue weighted by Crippen LogP contribution is -2.30. The van der Waals surface area contributed by atoms with Crippen molar-refractivity contribution in [3.8, 4) is 5.75 Å². The fourth-order valence-electron chi connectivity index (χ4n) is 4.88. The lowest BCUT2D eigenvalue weighted by molar-refractivity contribution is -0.136. The van der Waals surface area contributed by atoms with Gasteiger partial charge in [0.1, 0.15) is 17.3 Å². The van der Waals surface area contributed by atoms with Gasteiger partial charge in [-0.05, 0) is 67.1 Å². The molecule has 0 saturated heterocycles. The number of hydrogen-bond donors (Lipinski definition) is 0. The minimum atomic E-state index is -3.95. The predicted molar refractivity (Wildman–Crippen MR) is 166 cm³/mol. The number of carbonyl (C=O) groups excluding carboxylic acids is 2. The van der Waals surface area contributed by atoms with Crippen LogP contribution in [-0.4, -0.2) is 38.8 Å². The van der Waals surface area contributed by atoms with Crippen LogP contribution in [-0.2, 0) is 37.4 Å². The van der Waals surface area contributed by atoms with Crippen molar-refractivity contribution in [1.29, 1.82) is 0 Å². The topological polar surface area (TPSA) is 106 Å². The van der Waals surface area contributed by atoms with Gasteiger partial charge in [-0.3, -0.25) is 9.69 Å². The fraction of sp³-hybridized carbons (Fsp3) is 0.152. The molecule has 1 amide bonds. The fourth-order valence-corrected chi connectivity index (χ4v) is 6.40. The van der Waals surface area contributed by atoms with Gasteiger partial charge in [0, 0.05) is 23.3 Å². The quantitative estimate of drug-likeness (QED) is 0.151. The number of anilines is 1. The summed E-state index contributed by atoms with van der Waals surface area (Å²) in [5, 5.41) is 0.421. The molecule has 1 aliphatic rings. The monoisotopic (exact) mass is 632 g/mol. The van der Waals surface area contributed by atoms with Crippen LogP contribution in [0.15, 0.2) is 117 Å². The Morgan fingerprint density at radius 1 is 0.955 bits per heavy atom. The van der Waals surface area contributed by atoms with Crippen molar-refractivity contribution in [2.75, 3.05) is 19.1 Å². The minimum absolute atomic E-state index is 0.0768. The lowest BCUT2D eigenvalue weighted by Gasteiger charge is -2.21. The van der Waals surface area contributed by atoms with Gasteiger partial charge in [-0.25, -0.2) is 13.2 Å². The number of sulfonamides is 1. The second kappa shape index (κ2) is 12.9. The molecule has 3 aromatic carbocycles. The minimum Gasteiger partial charge on any atom is -0.497 e. The number of amides is 1. The van der Waals surface area contributed by atoms with E-state index in [1.54, 1.807) is 43.3 Å². The maximum atomic E-state index is 13.7. The zero-order valence-corrected chi connectivity index (χ0v) is 25.8. The molecule has 0 aliphatic carbocycles. The highest BCUT2D eigenvalue weighted by Crippen LogP contribution is 2.37. The number of furan rings is 1. The van der Waals surface area contributed by atoms with Gasteiger partial charge < -0.3 is 13.9 Å². The average molecular weight is 633 g/mol. The van der Waals surface area contributed by atoms with Gasteiger partial charge in [0.2, 0.25) is 10.0 Å². The first-order chi connectivity index (χ1) is 21.1. The third kappa shape index (κ3) is 6.33. The number of halogens is 1. The number of methoxy groups -OCH3 is 2. The van der Waals surface area contributed by atoms with Crippen molar-refractivity contribution in [3.63, 3.8) is 0 Å². The van der Waals surface area contributed by atoms with Gasteiger partial charge in [-0.15, -0.1) is 0 Å². The smallest absolute Gasteiger partial charge is 0.340 e. The van der Waals surface area contributed by atoms with Crippen LogP contribution >= 0.6 is 11.6 Å². The summed E-state index contributed by atoms with van der Waals surface area (Å²) in [5.41, 5.74) is 1.86. The van der Waals surface area contributed by atoms with Crippen molar-refractivity contribution in [2.45, 2.75) is 24.9 Å². The van der Waals surface area contributed by atoms with Crippen molar-refractivity contribution in [3.05, 3.63) is 130 Å². The van der Waals surface area contributed by atoms with Crippen LogP contribution in [0.4, 0.5) is 5.69 Å². The summed E-state index contributed by atoms with van der Waals surface area (Å²) in [4.78, 5) is 28.0. The molecule has 0 spiro atoms. The van der Waals surface area contributed by atoms with Gasteiger partial charge in [-0.2, -0.15) is 4.31 Å². The zero-order chi connectivity index (χ0) is 31.4. The average Bonchev–Trinajstić information content (AvgIpc) is 3.57. The molecule has 1 aromatic heterocycles. The number of benzene rings is 3. The van der Waals surface area contributed by atoms with E-state index in [9.17, 15) is 18.0 Å². The molecule has 44 heavy (non-hydrogen) atoms. The van der Waals surface area contributed by atoms with E-state index in [0.29, 0.717) is 27.9 Å². The van der Waals surface area contributed by atoms with Crippen molar-refractivity contribution < 1.29 is 31.9 Å². The van der Waals surface area contributed by atoms with E-state index in [0.717, 1.165) is 5.56 Å². The molecule has 0 atom stereocenters. The molecule has 4 aromatic rings. The Balaban J connectivity index is 1.48. The number of allylic oxidation sites excluding steroid dienone is 1. The van der Waals surface area contributed by atoms with Crippen LogP contribution < -0.4 is 9.64 Å². The highest BCUT2D eigenvalue weighted by Gasteiger charge is 2.38. The maximum absolute atomic E-state index is 13.7. The molecule has 0 unspecified atom stereocenters. The molecule has 0 bridgehead atoms. The SMILES string of the molecule is COC(=O)C1=C(C)N(c2cccc(OC)c2)C(=O)/C1=C/c1ccc(CN(Cc2ccccc2)S(=O)(=O)c2ccc(Cl)cc2)o1. The van der Waals surface area contributed by atoms with Crippen molar-refractivity contribution in [2.24, 2.45) is 0 Å². The Morgan fingerprint density at radius 2 is 1.68 bits per heavy atom. The Hall–Kier alpha value is -4.64. The summed E-state index contributed by atoms with van der Waals surface area (Å²) in [6, 6.07) is 25.3. The van der Waals surface area contributed by atoms with E-state index < -0.39 is 21.9 Å². The summed E-state index contributed by atoms with van der Waals surface area (Å²) in [6.07, 6.45) is 1.46. The maximum Gasteiger partial charge on any atom is 0.340 e. The van der Waals surface area contributed by atoms with Gasteiger partial charge in [0.05, 0.1) is 42.5 Å². The number of carbonyl (C=O) groups is 2. The van der Waals surface area contributed by atoms with Crippen molar-refractivity contribution >= 4 is 45.3 Å². The predicted octanol–water partition coefficient (Wildman–Crippen LogP) is 6.21. The van der Waals surface area contributed by atoms with Gasteiger partial charge in [-0.1, -0.05) is 48.0 Å². The summed E-state index contributed by atoms with van der Waals surface area (Å²) in [6.45, 7) is 1.65. The van der Waals surface area contributed by atoms with E-state index in [-0.39, 0.29) is 34.9 Å². The number of nitrogens with zero attached hydrogens (tertiary/aromatic N) is 2. The second-order valence-electron chi connectivity index (χ2n) is 9.87. The molecule has 226 valence electrons. The summed E-state index contributed by atoms with van der Waals surface area (Å²) in [7, 11) is -1.19.